The van der Waals surface area contributed by atoms with Gasteiger partial charge in [-0.25, -0.2) is 9.67 Å². The first-order chi connectivity index (χ1) is 13.8. The quantitative estimate of drug-likeness (QED) is 0.720. The number of rotatable bonds is 5. The maximum atomic E-state index is 12.4. The molecule has 0 saturated carbocycles. The van der Waals surface area contributed by atoms with E-state index in [-0.39, 0.29) is 30.7 Å². The van der Waals surface area contributed by atoms with Gasteiger partial charge in [-0.1, -0.05) is 24.1 Å². The van der Waals surface area contributed by atoms with Crippen molar-refractivity contribution in [2.24, 2.45) is 0 Å². The third-order valence-corrected chi connectivity index (χ3v) is 5.62. The van der Waals surface area contributed by atoms with Crippen LogP contribution in [0.25, 0.3) is 0 Å². The summed E-state index contributed by atoms with van der Waals surface area (Å²) in [7, 11) is 0. The summed E-state index contributed by atoms with van der Waals surface area (Å²) in [6.45, 7) is 4.55. The van der Waals surface area contributed by atoms with E-state index in [0.717, 1.165) is 50.4 Å². The third-order valence-electron chi connectivity index (χ3n) is 5.62. The standard InChI is InChI=1S/C20H29N7O.2ClH/c28-20(18-15-27(25-24-18)17-7-9-21-10-8-17)23-14-16-5-6-19(22-13-16)26-11-3-1-2-4-12-26;;/h5-6,13,15,17,21H,1-4,7-12,14H2,(H,23,28);2*1H. The molecule has 2 aliphatic heterocycles. The molecule has 0 aromatic carbocycles. The van der Waals surface area contributed by atoms with Crippen molar-refractivity contribution in [2.45, 2.75) is 51.1 Å². The predicted octanol–water partition coefficient (Wildman–Crippen LogP) is 2.75. The molecular weight excluding hydrogens is 425 g/mol. The van der Waals surface area contributed by atoms with E-state index < -0.39 is 0 Å². The van der Waals surface area contributed by atoms with Crippen molar-refractivity contribution in [2.75, 3.05) is 31.1 Å². The number of halogens is 2. The lowest BCUT2D eigenvalue weighted by Crippen LogP contribution is -2.29. The molecule has 166 valence electrons. The second-order valence-electron chi connectivity index (χ2n) is 7.67. The first-order valence-electron chi connectivity index (χ1n) is 10.4. The van der Waals surface area contributed by atoms with Crippen molar-refractivity contribution < 1.29 is 4.79 Å². The SMILES string of the molecule is Cl.Cl.O=C(NCc1ccc(N2CCCCCC2)nc1)c1cn(C2CCNCC2)nn1. The number of hydrogen-bond donors (Lipinski definition) is 2. The van der Waals surface area contributed by atoms with Gasteiger partial charge in [-0.3, -0.25) is 4.79 Å². The molecule has 2 N–H and O–H groups in total. The lowest BCUT2D eigenvalue weighted by molar-refractivity contribution is 0.0945. The van der Waals surface area contributed by atoms with Crippen LogP contribution >= 0.6 is 24.8 Å². The van der Waals surface area contributed by atoms with E-state index in [0.29, 0.717) is 18.3 Å². The van der Waals surface area contributed by atoms with Gasteiger partial charge in [0, 0.05) is 25.8 Å². The summed E-state index contributed by atoms with van der Waals surface area (Å²) in [5.74, 6) is 0.832. The van der Waals surface area contributed by atoms with Crippen LogP contribution < -0.4 is 15.5 Å². The van der Waals surface area contributed by atoms with Crippen LogP contribution in [0.2, 0.25) is 0 Å². The number of pyridine rings is 1. The molecule has 2 aromatic rings. The molecule has 0 radical (unpaired) electrons. The number of hydrogen-bond acceptors (Lipinski definition) is 6. The van der Waals surface area contributed by atoms with Gasteiger partial charge in [-0.15, -0.1) is 29.9 Å². The number of carbonyl (C=O) groups excluding carboxylic acids is 1. The molecule has 2 fully saturated rings. The second-order valence-corrected chi connectivity index (χ2v) is 7.67. The molecule has 0 unspecified atom stereocenters. The van der Waals surface area contributed by atoms with E-state index >= 15 is 0 Å². The van der Waals surface area contributed by atoms with Crippen LogP contribution in [0, 0.1) is 0 Å². The molecule has 4 heterocycles. The molecule has 2 saturated heterocycles. The Morgan fingerprint density at radius 3 is 2.50 bits per heavy atom. The summed E-state index contributed by atoms with van der Waals surface area (Å²) in [5, 5.41) is 14.4. The molecule has 2 aliphatic rings. The van der Waals surface area contributed by atoms with Gasteiger partial charge in [-0.05, 0) is 50.4 Å². The molecule has 1 amide bonds. The minimum Gasteiger partial charge on any atom is -0.357 e. The van der Waals surface area contributed by atoms with Crippen molar-refractivity contribution in [1.29, 1.82) is 0 Å². The predicted molar refractivity (Wildman–Crippen MR) is 122 cm³/mol. The summed E-state index contributed by atoms with van der Waals surface area (Å²) in [6, 6.07) is 4.42. The van der Waals surface area contributed by atoms with E-state index in [1.54, 1.807) is 6.20 Å². The average Bonchev–Trinajstić information content (AvgIpc) is 3.09. The van der Waals surface area contributed by atoms with Gasteiger partial charge < -0.3 is 15.5 Å². The Bertz CT molecular complexity index is 770. The van der Waals surface area contributed by atoms with Crippen LogP contribution in [-0.2, 0) is 6.54 Å². The van der Waals surface area contributed by atoms with Gasteiger partial charge in [0.25, 0.3) is 5.91 Å². The zero-order chi connectivity index (χ0) is 19.2. The number of nitrogens with one attached hydrogen (secondary N) is 2. The molecule has 2 aromatic heterocycles. The van der Waals surface area contributed by atoms with Crippen molar-refractivity contribution >= 4 is 36.5 Å². The van der Waals surface area contributed by atoms with Crippen molar-refractivity contribution in [1.82, 2.24) is 30.6 Å². The minimum absolute atomic E-state index is 0. The zero-order valence-electron chi connectivity index (χ0n) is 17.1. The number of carbonyl (C=O) groups is 1. The molecule has 30 heavy (non-hydrogen) atoms. The Balaban J connectivity index is 0.00000160. The first-order valence-corrected chi connectivity index (χ1v) is 10.4. The lowest BCUT2D eigenvalue weighted by atomic mass is 10.1. The molecule has 0 spiro atoms. The van der Waals surface area contributed by atoms with Crippen LogP contribution in [0.5, 0.6) is 0 Å². The summed E-state index contributed by atoms with van der Waals surface area (Å²) in [4.78, 5) is 19.4. The Morgan fingerprint density at radius 1 is 1.10 bits per heavy atom. The molecule has 10 heteroatoms. The van der Waals surface area contributed by atoms with Crippen molar-refractivity contribution in [3.63, 3.8) is 0 Å². The van der Waals surface area contributed by atoms with E-state index in [2.05, 4.69) is 36.9 Å². The van der Waals surface area contributed by atoms with E-state index in [9.17, 15) is 4.79 Å². The number of aromatic nitrogens is 4. The lowest BCUT2D eigenvalue weighted by Gasteiger charge is -2.22. The topological polar surface area (TPSA) is 88.0 Å². The van der Waals surface area contributed by atoms with Gasteiger partial charge in [0.15, 0.2) is 5.69 Å². The zero-order valence-corrected chi connectivity index (χ0v) is 18.8. The maximum Gasteiger partial charge on any atom is 0.273 e. The van der Waals surface area contributed by atoms with Crippen LogP contribution in [0.4, 0.5) is 5.82 Å². The Morgan fingerprint density at radius 2 is 1.83 bits per heavy atom. The summed E-state index contributed by atoms with van der Waals surface area (Å²) in [5.41, 5.74) is 1.35. The van der Waals surface area contributed by atoms with Crippen molar-refractivity contribution in [3.05, 3.63) is 35.8 Å². The van der Waals surface area contributed by atoms with E-state index in [4.69, 9.17) is 0 Å². The monoisotopic (exact) mass is 455 g/mol. The van der Waals surface area contributed by atoms with Crippen LogP contribution in [0.3, 0.4) is 0 Å². The van der Waals surface area contributed by atoms with Crippen molar-refractivity contribution in [3.8, 4) is 0 Å². The average molecular weight is 456 g/mol. The fourth-order valence-electron chi connectivity index (χ4n) is 3.91. The van der Waals surface area contributed by atoms with Gasteiger partial charge in [-0.2, -0.15) is 0 Å². The third kappa shape index (κ3) is 6.30. The summed E-state index contributed by atoms with van der Waals surface area (Å²) in [6.07, 6.45) is 10.7. The molecule has 4 rings (SSSR count). The fraction of sp³-hybridized carbons (Fsp3) is 0.600. The summed E-state index contributed by atoms with van der Waals surface area (Å²) >= 11 is 0. The molecule has 8 nitrogen and oxygen atoms in total. The number of nitrogens with zero attached hydrogens (tertiary/aromatic N) is 5. The first kappa shape index (κ1) is 24.4. The van der Waals surface area contributed by atoms with Crippen LogP contribution in [0.15, 0.2) is 24.5 Å². The Hall–Kier alpha value is -1.90. The molecule has 0 bridgehead atoms. The minimum atomic E-state index is -0.197. The highest BCUT2D eigenvalue weighted by molar-refractivity contribution is 5.91. The van der Waals surface area contributed by atoms with Gasteiger partial charge >= 0.3 is 0 Å². The molecular formula is C20H31Cl2N7O. The van der Waals surface area contributed by atoms with E-state index in [1.807, 2.05) is 16.9 Å². The number of anilines is 1. The summed E-state index contributed by atoms with van der Waals surface area (Å²) < 4.78 is 1.83. The van der Waals surface area contributed by atoms with Gasteiger partial charge in [0.05, 0.1) is 12.2 Å². The highest BCUT2D eigenvalue weighted by Gasteiger charge is 2.18. The second kappa shape index (κ2) is 12.1. The number of amides is 1. The highest BCUT2D eigenvalue weighted by atomic mass is 35.5. The van der Waals surface area contributed by atoms with Crippen LogP contribution in [0.1, 0.15) is 60.6 Å². The largest absolute Gasteiger partial charge is 0.357 e. The molecule has 0 aliphatic carbocycles. The highest BCUT2D eigenvalue weighted by Crippen LogP contribution is 2.18. The number of piperidine rings is 1. The van der Waals surface area contributed by atoms with E-state index in [1.165, 1.54) is 25.7 Å². The smallest absolute Gasteiger partial charge is 0.273 e. The van der Waals surface area contributed by atoms with Crippen LogP contribution in [-0.4, -0.2) is 52.1 Å². The van der Waals surface area contributed by atoms with Gasteiger partial charge in [0.2, 0.25) is 0 Å². The maximum absolute atomic E-state index is 12.4. The van der Waals surface area contributed by atoms with Gasteiger partial charge in [0.1, 0.15) is 5.82 Å². The molecule has 0 atom stereocenters. The normalized spacial score (nSPS) is 17.4. The fourth-order valence-corrected chi connectivity index (χ4v) is 3.91. The Kier molecular flexibility index (Phi) is 9.81. The Labute approximate surface area is 190 Å².